The number of aliphatic hydroxyl groups is 2. The number of fused-ring (bicyclic) bond motifs is 2. The second kappa shape index (κ2) is 45.7. The minimum absolute atomic E-state index is 0.0768. The number of unbranched alkanes of at least 4 members (excludes halogenated alkanes) is 1. The van der Waals surface area contributed by atoms with Gasteiger partial charge in [0.15, 0.2) is 0 Å². The van der Waals surface area contributed by atoms with Crippen LogP contribution in [0.4, 0.5) is 11.9 Å². The fourth-order valence-electron chi connectivity index (χ4n) is 11.5. The molecular formula is C70H102N16O21. The third-order valence-corrected chi connectivity index (χ3v) is 16.8. The van der Waals surface area contributed by atoms with Crippen molar-refractivity contribution in [1.29, 1.82) is 0 Å². The number of hydrogen-bond donors (Lipinski definition) is 7. The maximum Gasteiger partial charge on any atom is 0.276 e. The monoisotopic (exact) mass is 1500 g/mol. The molecule has 7 amide bonds. The topological polar surface area (TPSA) is 440 Å². The highest BCUT2D eigenvalue weighted by molar-refractivity contribution is 6.14. The maximum absolute atomic E-state index is 14.1. The number of imide groups is 1. The summed E-state index contributed by atoms with van der Waals surface area (Å²) in [5.74, 6) is -2.99. The van der Waals surface area contributed by atoms with E-state index in [1.165, 1.54) is 28.6 Å². The Bertz CT molecular complexity index is 3830. The summed E-state index contributed by atoms with van der Waals surface area (Å²) in [4.78, 5) is 103. The maximum atomic E-state index is 14.1. The third-order valence-electron chi connectivity index (χ3n) is 16.8. The molecule has 0 unspecified atom stereocenters. The number of carbonyl (C=O) groups excluding carboxylic acids is 7. The van der Waals surface area contributed by atoms with Gasteiger partial charge in [-0.05, 0) is 69.5 Å². The van der Waals surface area contributed by atoms with E-state index in [2.05, 4.69) is 35.9 Å². The highest BCUT2D eigenvalue weighted by Crippen LogP contribution is 2.34. The number of aryl methyl sites for hydroxylation is 4. The number of amides is 7. The predicted octanol–water partition coefficient (Wildman–Crippen LogP) is 0.166. The zero-order chi connectivity index (χ0) is 76.1. The van der Waals surface area contributed by atoms with E-state index in [-0.39, 0.29) is 100 Å². The fraction of sp³-hybridized carbons (Fsp3) is 0.586. The van der Waals surface area contributed by atoms with Crippen LogP contribution >= 0.6 is 0 Å². The number of benzene rings is 2. The summed E-state index contributed by atoms with van der Waals surface area (Å²) < 4.78 is 74.4. The van der Waals surface area contributed by atoms with Crippen molar-refractivity contribution in [2.24, 2.45) is 11.5 Å². The minimum Gasteiger partial charge on any atom is -0.494 e. The number of anilines is 2. The van der Waals surface area contributed by atoms with Crippen LogP contribution < -0.4 is 36.9 Å². The van der Waals surface area contributed by atoms with Gasteiger partial charge in [-0.15, -0.1) is 0 Å². The first-order valence-electron chi connectivity index (χ1n) is 35.9. The number of primary amides is 2. The smallest absolute Gasteiger partial charge is 0.276 e. The minimum atomic E-state index is -0.699. The van der Waals surface area contributed by atoms with Crippen molar-refractivity contribution >= 4 is 75.3 Å². The molecule has 1 saturated heterocycles. The Kier molecular flexibility index (Phi) is 35.7. The number of carbonyl (C=O) groups is 7. The van der Waals surface area contributed by atoms with Gasteiger partial charge in [-0.3, -0.25) is 63.4 Å². The normalized spacial score (nSPS) is 13.4. The van der Waals surface area contributed by atoms with Crippen molar-refractivity contribution in [3.05, 3.63) is 82.5 Å². The van der Waals surface area contributed by atoms with Gasteiger partial charge in [0.2, 0.25) is 29.6 Å². The Morgan fingerprint density at radius 2 is 0.850 bits per heavy atom. The molecule has 37 heteroatoms. The van der Waals surface area contributed by atoms with Gasteiger partial charge in [-0.25, -0.2) is 9.97 Å². The number of nitrogens with one attached hydrogen (secondary N) is 3. The van der Waals surface area contributed by atoms with E-state index < -0.39 is 41.4 Å². The van der Waals surface area contributed by atoms with E-state index in [0.717, 1.165) is 56.3 Å². The van der Waals surface area contributed by atoms with Gasteiger partial charge < -0.3 is 97.9 Å². The van der Waals surface area contributed by atoms with Gasteiger partial charge in [-0.1, -0.05) is 0 Å². The van der Waals surface area contributed by atoms with Crippen LogP contribution in [-0.4, -0.2) is 316 Å². The number of aromatic nitrogens is 8. The highest BCUT2D eigenvalue weighted by atomic mass is 16.6. The molecule has 9 N–H and O–H groups in total. The summed E-state index contributed by atoms with van der Waals surface area (Å²) in [5, 5.41) is 36.7. The Hall–Kier alpha value is -8.93. The SMILES string of the molecule is COc1cc(C(N)=O)cc2nc(NC(=O)c3cc(C)nn3CCO)n(CCCCn3c(NC(=O)c4cc(C)nn4CCO)nc4cc(C(N)=O)cc(OCCCN5CCN(CCOCCOCCOCCOCCOCCOCCOCCOCCOCCOCCNC(=O)CN6C(=O)C=CC6=O)CC5)c43)c12. The molecular weight excluding hydrogens is 1400 g/mol. The lowest BCUT2D eigenvalue weighted by Gasteiger charge is -2.34. The van der Waals surface area contributed by atoms with E-state index in [1.807, 2.05) is 4.57 Å². The lowest BCUT2D eigenvalue weighted by atomic mass is 10.1. The summed E-state index contributed by atoms with van der Waals surface area (Å²) >= 11 is 0. The number of piperazine rings is 1. The average Bonchev–Trinajstić information content (AvgIpc) is 1.63. The van der Waals surface area contributed by atoms with Gasteiger partial charge in [0.25, 0.3) is 23.6 Å². The Morgan fingerprint density at radius 1 is 0.467 bits per heavy atom. The molecule has 2 aliphatic heterocycles. The molecule has 588 valence electrons. The molecule has 0 bridgehead atoms. The molecule has 6 heterocycles. The second-order valence-corrected chi connectivity index (χ2v) is 24.6. The largest absolute Gasteiger partial charge is 0.494 e. The first-order chi connectivity index (χ1) is 52.0. The zero-order valence-electron chi connectivity index (χ0n) is 61.2. The Morgan fingerprint density at radius 3 is 1.25 bits per heavy atom. The van der Waals surface area contributed by atoms with Crippen LogP contribution in [0, 0.1) is 13.8 Å². The van der Waals surface area contributed by atoms with Crippen LogP contribution in [0.25, 0.3) is 22.1 Å². The van der Waals surface area contributed by atoms with Crippen LogP contribution in [0.15, 0.2) is 48.6 Å². The molecule has 0 aliphatic carbocycles. The van der Waals surface area contributed by atoms with Gasteiger partial charge in [0, 0.05) is 82.2 Å². The van der Waals surface area contributed by atoms with Crippen molar-refractivity contribution in [3.63, 3.8) is 0 Å². The van der Waals surface area contributed by atoms with E-state index in [4.69, 9.17) is 78.3 Å². The van der Waals surface area contributed by atoms with E-state index in [1.54, 1.807) is 42.7 Å². The van der Waals surface area contributed by atoms with Gasteiger partial charge in [0.05, 0.1) is 195 Å². The fourth-order valence-corrected chi connectivity index (χ4v) is 11.5. The van der Waals surface area contributed by atoms with E-state index in [0.29, 0.717) is 190 Å². The van der Waals surface area contributed by atoms with Crippen LogP contribution in [0.3, 0.4) is 0 Å². The van der Waals surface area contributed by atoms with E-state index >= 15 is 0 Å². The quantitative estimate of drug-likeness (QED) is 0.0198. The Balaban J connectivity index is 0.667. The number of nitrogens with two attached hydrogens (primary N) is 2. The number of rotatable bonds is 56. The molecule has 0 spiro atoms. The molecule has 2 aromatic carbocycles. The second-order valence-electron chi connectivity index (χ2n) is 24.6. The van der Waals surface area contributed by atoms with Gasteiger partial charge in [0.1, 0.15) is 40.5 Å². The number of nitrogens with zero attached hydrogens (tertiary/aromatic N) is 11. The molecule has 0 atom stereocenters. The summed E-state index contributed by atoms with van der Waals surface area (Å²) in [5.41, 5.74) is 15.1. The molecule has 0 saturated carbocycles. The molecule has 37 nitrogen and oxygen atoms in total. The summed E-state index contributed by atoms with van der Waals surface area (Å²) in [7, 11) is 1.45. The number of imidazole rings is 2. The third kappa shape index (κ3) is 27.1. The highest BCUT2D eigenvalue weighted by Gasteiger charge is 2.28. The predicted molar refractivity (Wildman–Crippen MR) is 386 cm³/mol. The van der Waals surface area contributed by atoms with Gasteiger partial charge in [-0.2, -0.15) is 10.2 Å². The van der Waals surface area contributed by atoms with Crippen molar-refractivity contribution in [1.82, 2.24) is 58.7 Å². The number of ether oxygens (including phenoxy) is 12. The standard InChI is InChI=1S/C70H102N16O21/c1-50-43-56(85(78-50)17-20-87)67(94)76-69-74-54-45-52(65(71)92)47-58(96-3)63(54)82(69)11-4-5-12-83-64-55(75-70(83)77-68(95)57-44-51(2)79-86(57)18-21-88)46-53(66(72)93)48-59(64)107-22-6-10-80-13-15-81(16-14-80)19-24-98-26-28-100-30-32-102-34-36-104-38-40-106-42-41-105-39-37-103-35-33-101-31-29-99-27-25-97-23-9-73-60(89)49-84-61(90)7-8-62(84)91/h7-8,43-48,87-88H,4-6,9-42,49H2,1-3H3,(H2,71,92)(H2,72,93)(H,73,89)(H,74,76,94)(H,75,77,95). The molecule has 8 rings (SSSR count). The van der Waals surface area contributed by atoms with Crippen molar-refractivity contribution in [2.45, 2.75) is 59.3 Å². The molecule has 1 fully saturated rings. The zero-order valence-corrected chi connectivity index (χ0v) is 61.2. The molecule has 0 radical (unpaired) electrons. The van der Waals surface area contributed by atoms with Crippen LogP contribution in [-0.2, 0) is 87.9 Å². The van der Waals surface area contributed by atoms with Crippen LogP contribution in [0.1, 0.15) is 72.3 Å². The van der Waals surface area contributed by atoms with Crippen molar-refractivity contribution in [2.75, 3.05) is 222 Å². The molecule has 107 heavy (non-hydrogen) atoms. The van der Waals surface area contributed by atoms with Crippen molar-refractivity contribution < 1.29 is 101 Å². The molecule has 6 aromatic rings. The lowest BCUT2D eigenvalue weighted by molar-refractivity contribution is -0.141. The lowest BCUT2D eigenvalue weighted by Crippen LogP contribution is -2.47. The summed E-state index contributed by atoms with van der Waals surface area (Å²) in [6.45, 7) is 17.4. The summed E-state index contributed by atoms with van der Waals surface area (Å²) in [6, 6.07) is 9.37. The molecule has 2 aliphatic rings. The molecule has 4 aromatic heterocycles. The number of aliphatic hydroxyl groups excluding tert-OH is 2. The first kappa shape index (κ1) is 83.7. The average molecular weight is 1500 g/mol. The number of hydrogen-bond acceptors (Lipinski definition) is 27. The Labute approximate surface area is 619 Å². The van der Waals surface area contributed by atoms with E-state index in [9.17, 15) is 43.8 Å². The van der Waals surface area contributed by atoms with Gasteiger partial charge >= 0.3 is 0 Å². The first-order valence-corrected chi connectivity index (χ1v) is 35.9. The van der Waals surface area contributed by atoms with Crippen molar-refractivity contribution in [3.8, 4) is 11.5 Å². The number of methoxy groups -OCH3 is 1. The summed E-state index contributed by atoms with van der Waals surface area (Å²) in [6.07, 6.45) is 3.80. The van der Waals surface area contributed by atoms with Crippen LogP contribution in [0.2, 0.25) is 0 Å². The van der Waals surface area contributed by atoms with Crippen LogP contribution in [0.5, 0.6) is 11.5 Å².